The lowest BCUT2D eigenvalue weighted by Gasteiger charge is -2.23. The van der Waals surface area contributed by atoms with Gasteiger partial charge in [0.05, 0.1) is 6.04 Å². The maximum absolute atomic E-state index is 12.0. The van der Waals surface area contributed by atoms with Crippen molar-refractivity contribution in [3.05, 3.63) is 11.6 Å². The molecule has 1 aromatic heterocycles. The van der Waals surface area contributed by atoms with Gasteiger partial charge in [-0.25, -0.2) is 9.79 Å². The van der Waals surface area contributed by atoms with E-state index in [1.807, 2.05) is 39.3 Å². The quantitative estimate of drug-likeness (QED) is 0.436. The van der Waals surface area contributed by atoms with E-state index in [0.29, 0.717) is 13.1 Å². The second-order valence-electron chi connectivity index (χ2n) is 8.22. The number of ether oxygens (including phenoxy) is 1. The predicted octanol–water partition coefficient (Wildman–Crippen LogP) is 1.97. The summed E-state index contributed by atoms with van der Waals surface area (Å²) < 4.78 is 7.31. The lowest BCUT2D eigenvalue weighted by atomic mass is 10.2. The van der Waals surface area contributed by atoms with E-state index in [4.69, 9.17) is 9.73 Å². The van der Waals surface area contributed by atoms with E-state index in [0.717, 1.165) is 50.0 Å². The second kappa shape index (κ2) is 9.75. The Morgan fingerprint density at radius 2 is 2.11 bits per heavy atom. The van der Waals surface area contributed by atoms with Gasteiger partial charge in [-0.05, 0) is 40.5 Å². The number of guanidine groups is 1. The lowest BCUT2D eigenvalue weighted by molar-refractivity contribution is 0.0507. The van der Waals surface area contributed by atoms with Crippen molar-refractivity contribution in [2.75, 3.05) is 19.6 Å². The van der Waals surface area contributed by atoms with Crippen LogP contribution in [0.15, 0.2) is 4.99 Å². The highest BCUT2D eigenvalue weighted by atomic mass is 16.6. The molecular formula is C19H35N7O2. The first-order valence-electron chi connectivity index (χ1n) is 10.1. The number of unbranched alkanes of at least 4 members (excludes halogenated alkanes) is 1. The fourth-order valence-electron chi connectivity index (χ4n) is 2.92. The number of nitrogens with zero attached hydrogens (tertiary/aromatic N) is 5. The Bertz CT molecular complexity index is 678. The minimum atomic E-state index is -0.495. The number of carbonyl (C=O) groups is 1. The number of likely N-dealkylation sites (tertiary alicyclic amines) is 1. The van der Waals surface area contributed by atoms with Crippen molar-refractivity contribution in [1.82, 2.24) is 30.3 Å². The number of rotatable bonds is 6. The van der Waals surface area contributed by atoms with Crippen LogP contribution in [0.25, 0.3) is 0 Å². The fourth-order valence-corrected chi connectivity index (χ4v) is 2.92. The van der Waals surface area contributed by atoms with Crippen LogP contribution in [-0.2, 0) is 18.3 Å². The minimum absolute atomic E-state index is 0.0464. The summed E-state index contributed by atoms with van der Waals surface area (Å²) in [6, 6.07) is 0.0464. The fraction of sp³-hybridized carbons (Fsp3) is 0.789. The third-order valence-electron chi connectivity index (χ3n) is 4.58. The van der Waals surface area contributed by atoms with Crippen molar-refractivity contribution in [3.63, 3.8) is 0 Å². The normalized spacial score (nSPS) is 17.7. The summed E-state index contributed by atoms with van der Waals surface area (Å²) in [7, 11) is 1.95. The van der Waals surface area contributed by atoms with Crippen LogP contribution in [-0.4, -0.2) is 63.0 Å². The summed E-state index contributed by atoms with van der Waals surface area (Å²) in [6.45, 7) is 12.6. The van der Waals surface area contributed by atoms with Crippen LogP contribution in [0.1, 0.15) is 58.6 Å². The molecule has 0 aliphatic carbocycles. The zero-order valence-corrected chi connectivity index (χ0v) is 18.1. The van der Waals surface area contributed by atoms with Crippen molar-refractivity contribution in [3.8, 4) is 0 Å². The van der Waals surface area contributed by atoms with Gasteiger partial charge in [0, 0.05) is 26.7 Å². The standard InChI is InChI=1S/C19H35N7O2/c1-7-8-10-20-17(21-12-16-24-23-14(2)25(16)6)26-11-9-15(13-26)22-18(27)28-19(3,4)5/h15H,7-13H2,1-6H3,(H,20,21)(H,22,27). The molecule has 9 nitrogen and oxygen atoms in total. The molecule has 1 fully saturated rings. The molecule has 9 heteroatoms. The zero-order chi connectivity index (χ0) is 20.7. The van der Waals surface area contributed by atoms with Crippen molar-refractivity contribution in [1.29, 1.82) is 0 Å². The van der Waals surface area contributed by atoms with E-state index >= 15 is 0 Å². The highest BCUT2D eigenvalue weighted by Gasteiger charge is 2.28. The number of aliphatic imine (C=N–C) groups is 1. The Labute approximate surface area is 167 Å². The second-order valence-corrected chi connectivity index (χ2v) is 8.22. The summed E-state index contributed by atoms with van der Waals surface area (Å²) in [5, 5.41) is 14.7. The average Bonchev–Trinajstić information content (AvgIpc) is 3.17. The molecule has 2 heterocycles. The Hall–Kier alpha value is -2.32. The van der Waals surface area contributed by atoms with E-state index in [2.05, 4.69) is 32.7 Å². The first kappa shape index (κ1) is 22.0. The monoisotopic (exact) mass is 393 g/mol. The van der Waals surface area contributed by atoms with Gasteiger partial charge in [-0.3, -0.25) is 0 Å². The van der Waals surface area contributed by atoms with Gasteiger partial charge in [0.1, 0.15) is 18.0 Å². The van der Waals surface area contributed by atoms with Gasteiger partial charge >= 0.3 is 6.09 Å². The van der Waals surface area contributed by atoms with Gasteiger partial charge in [0.2, 0.25) is 0 Å². The van der Waals surface area contributed by atoms with Crippen LogP contribution >= 0.6 is 0 Å². The number of hydrogen-bond donors (Lipinski definition) is 2. The maximum atomic E-state index is 12.0. The SMILES string of the molecule is CCCCNC(=NCc1nnc(C)n1C)N1CCC(NC(=O)OC(C)(C)C)C1. The van der Waals surface area contributed by atoms with Crippen molar-refractivity contribution >= 4 is 12.1 Å². The van der Waals surface area contributed by atoms with E-state index in [1.54, 1.807) is 0 Å². The average molecular weight is 394 g/mol. The Kier molecular flexibility index (Phi) is 7.65. The molecule has 0 bridgehead atoms. The van der Waals surface area contributed by atoms with Gasteiger partial charge < -0.3 is 24.8 Å². The van der Waals surface area contributed by atoms with Crippen LogP contribution in [0, 0.1) is 6.92 Å². The molecule has 2 N–H and O–H groups in total. The molecule has 1 unspecified atom stereocenters. The predicted molar refractivity (Wildman–Crippen MR) is 109 cm³/mol. The molecule has 1 amide bonds. The summed E-state index contributed by atoms with van der Waals surface area (Å²) in [5.41, 5.74) is -0.495. The number of amides is 1. The summed E-state index contributed by atoms with van der Waals surface area (Å²) in [6.07, 6.45) is 2.68. The van der Waals surface area contributed by atoms with E-state index < -0.39 is 5.60 Å². The van der Waals surface area contributed by atoms with Crippen molar-refractivity contribution < 1.29 is 9.53 Å². The molecule has 1 aromatic rings. The first-order valence-corrected chi connectivity index (χ1v) is 10.1. The first-order chi connectivity index (χ1) is 13.2. The van der Waals surface area contributed by atoms with Crippen LogP contribution in [0.5, 0.6) is 0 Å². The molecule has 0 aromatic carbocycles. The summed E-state index contributed by atoms with van der Waals surface area (Å²) in [5.74, 6) is 2.55. The molecule has 0 saturated carbocycles. The van der Waals surface area contributed by atoms with Gasteiger partial charge in [-0.2, -0.15) is 0 Å². The Balaban J connectivity index is 1.98. The number of alkyl carbamates (subject to hydrolysis) is 1. The molecule has 1 saturated heterocycles. The smallest absolute Gasteiger partial charge is 0.407 e. The Morgan fingerprint density at radius 1 is 1.36 bits per heavy atom. The summed E-state index contributed by atoms with van der Waals surface area (Å²) >= 11 is 0. The number of hydrogen-bond acceptors (Lipinski definition) is 5. The van der Waals surface area contributed by atoms with Crippen LogP contribution in [0.3, 0.4) is 0 Å². The maximum Gasteiger partial charge on any atom is 0.407 e. The highest BCUT2D eigenvalue weighted by Crippen LogP contribution is 2.12. The van der Waals surface area contributed by atoms with Crippen LogP contribution < -0.4 is 10.6 Å². The van der Waals surface area contributed by atoms with E-state index in [-0.39, 0.29) is 12.1 Å². The molecule has 1 aliphatic rings. The molecule has 0 radical (unpaired) electrons. The zero-order valence-electron chi connectivity index (χ0n) is 18.1. The molecule has 158 valence electrons. The van der Waals surface area contributed by atoms with Gasteiger partial charge in [0.25, 0.3) is 0 Å². The minimum Gasteiger partial charge on any atom is -0.444 e. The van der Waals surface area contributed by atoms with Crippen LogP contribution in [0.2, 0.25) is 0 Å². The number of nitrogens with one attached hydrogen (secondary N) is 2. The number of carbonyl (C=O) groups excluding carboxylic acids is 1. The Morgan fingerprint density at radius 3 is 2.71 bits per heavy atom. The lowest BCUT2D eigenvalue weighted by Crippen LogP contribution is -2.44. The molecule has 28 heavy (non-hydrogen) atoms. The molecule has 1 atom stereocenters. The molecule has 2 rings (SSSR count). The number of aryl methyl sites for hydroxylation is 1. The van der Waals surface area contributed by atoms with Gasteiger partial charge in [-0.1, -0.05) is 13.3 Å². The summed E-state index contributed by atoms with van der Waals surface area (Å²) in [4.78, 5) is 19.0. The number of aromatic nitrogens is 3. The largest absolute Gasteiger partial charge is 0.444 e. The van der Waals surface area contributed by atoms with E-state index in [1.165, 1.54) is 0 Å². The van der Waals surface area contributed by atoms with Crippen molar-refractivity contribution in [2.45, 2.75) is 72.1 Å². The molecule has 1 aliphatic heterocycles. The molecular weight excluding hydrogens is 358 g/mol. The van der Waals surface area contributed by atoms with E-state index in [9.17, 15) is 4.79 Å². The van der Waals surface area contributed by atoms with Crippen LogP contribution in [0.4, 0.5) is 4.79 Å². The topological polar surface area (TPSA) is 96.7 Å². The third-order valence-corrected chi connectivity index (χ3v) is 4.58. The highest BCUT2D eigenvalue weighted by molar-refractivity contribution is 5.80. The van der Waals surface area contributed by atoms with Gasteiger partial charge in [0.15, 0.2) is 11.8 Å². The molecule has 0 spiro atoms. The van der Waals surface area contributed by atoms with Crippen molar-refractivity contribution in [2.24, 2.45) is 12.0 Å². The van der Waals surface area contributed by atoms with Gasteiger partial charge in [-0.15, -0.1) is 10.2 Å². The third kappa shape index (κ3) is 6.69.